The molecule has 1 amide bonds. The molecule has 0 fully saturated rings. The molecule has 0 spiro atoms. The van der Waals surface area contributed by atoms with Gasteiger partial charge < -0.3 is 15.0 Å². The third-order valence-corrected chi connectivity index (χ3v) is 3.58. The van der Waals surface area contributed by atoms with Gasteiger partial charge >= 0.3 is 6.61 Å². The van der Waals surface area contributed by atoms with Gasteiger partial charge in [0.2, 0.25) is 0 Å². The smallest absolute Gasteiger partial charge is 0.387 e. The Morgan fingerprint density at radius 2 is 1.79 bits per heavy atom. The number of carbonyl (C=O) groups excluding carboxylic acids is 1. The third kappa shape index (κ3) is 4.68. The molecule has 24 heavy (non-hydrogen) atoms. The second-order valence-corrected chi connectivity index (χ2v) is 5.08. The SMILES string of the molecule is CCN(CC)c1ccc(NC(=O)c2cccc(OC(F)F)c2)cc1. The van der Waals surface area contributed by atoms with Crippen molar-refractivity contribution >= 4 is 17.3 Å². The summed E-state index contributed by atoms with van der Waals surface area (Å²) < 4.78 is 28.8. The van der Waals surface area contributed by atoms with E-state index in [0.717, 1.165) is 18.8 Å². The maximum absolute atomic E-state index is 12.2. The van der Waals surface area contributed by atoms with E-state index in [0.29, 0.717) is 5.69 Å². The minimum absolute atomic E-state index is 0.0467. The van der Waals surface area contributed by atoms with Crippen molar-refractivity contribution in [3.8, 4) is 5.75 Å². The van der Waals surface area contributed by atoms with Crippen LogP contribution in [-0.2, 0) is 0 Å². The molecule has 0 saturated heterocycles. The molecule has 0 heterocycles. The van der Waals surface area contributed by atoms with E-state index in [1.807, 2.05) is 24.3 Å². The topological polar surface area (TPSA) is 41.6 Å². The van der Waals surface area contributed by atoms with Crippen LogP contribution < -0.4 is 15.0 Å². The van der Waals surface area contributed by atoms with E-state index in [2.05, 4.69) is 28.8 Å². The van der Waals surface area contributed by atoms with E-state index in [1.54, 1.807) is 0 Å². The number of carbonyl (C=O) groups is 1. The van der Waals surface area contributed by atoms with E-state index in [9.17, 15) is 13.6 Å². The van der Waals surface area contributed by atoms with Gasteiger partial charge in [0.15, 0.2) is 0 Å². The van der Waals surface area contributed by atoms with Crippen LogP contribution >= 0.6 is 0 Å². The maximum atomic E-state index is 12.2. The second kappa shape index (κ2) is 8.29. The molecule has 4 nitrogen and oxygen atoms in total. The summed E-state index contributed by atoms with van der Waals surface area (Å²) in [6.07, 6.45) is 0. The van der Waals surface area contributed by atoms with Crippen molar-refractivity contribution < 1.29 is 18.3 Å². The van der Waals surface area contributed by atoms with Crippen LogP contribution in [0.4, 0.5) is 20.2 Å². The fourth-order valence-electron chi connectivity index (χ4n) is 2.36. The van der Waals surface area contributed by atoms with Crippen molar-refractivity contribution in [3.63, 3.8) is 0 Å². The standard InChI is InChI=1S/C18H20F2N2O2/c1-3-22(4-2)15-10-8-14(9-11-15)21-17(23)13-6-5-7-16(12-13)24-18(19)20/h5-12,18H,3-4H2,1-2H3,(H,21,23). The molecule has 2 rings (SSSR count). The van der Waals surface area contributed by atoms with Crippen molar-refractivity contribution in [2.24, 2.45) is 0 Å². The summed E-state index contributed by atoms with van der Waals surface area (Å²) >= 11 is 0. The van der Waals surface area contributed by atoms with E-state index in [1.165, 1.54) is 24.3 Å². The highest BCUT2D eigenvalue weighted by atomic mass is 19.3. The van der Waals surface area contributed by atoms with E-state index in [4.69, 9.17) is 0 Å². The summed E-state index contributed by atoms with van der Waals surface area (Å²) in [6, 6.07) is 13.2. The third-order valence-electron chi connectivity index (χ3n) is 3.58. The average Bonchev–Trinajstić information content (AvgIpc) is 2.57. The Kier molecular flexibility index (Phi) is 6.12. The van der Waals surface area contributed by atoms with Gasteiger partial charge in [0.1, 0.15) is 5.75 Å². The van der Waals surface area contributed by atoms with Crippen molar-refractivity contribution in [2.45, 2.75) is 20.5 Å². The van der Waals surface area contributed by atoms with Gasteiger partial charge in [0.05, 0.1) is 0 Å². The van der Waals surface area contributed by atoms with Crippen LogP contribution in [0, 0.1) is 0 Å². The van der Waals surface area contributed by atoms with Gasteiger partial charge in [0, 0.05) is 30.0 Å². The van der Waals surface area contributed by atoms with Crippen molar-refractivity contribution in [2.75, 3.05) is 23.3 Å². The highest BCUT2D eigenvalue weighted by molar-refractivity contribution is 6.04. The number of amides is 1. The van der Waals surface area contributed by atoms with Crippen molar-refractivity contribution in [3.05, 3.63) is 54.1 Å². The molecule has 1 N–H and O–H groups in total. The van der Waals surface area contributed by atoms with Gasteiger partial charge in [0.25, 0.3) is 5.91 Å². The molecule has 2 aromatic rings. The number of hydrogen-bond acceptors (Lipinski definition) is 3. The van der Waals surface area contributed by atoms with Gasteiger partial charge in [-0.1, -0.05) is 6.07 Å². The number of anilines is 2. The molecule has 0 atom stereocenters. The van der Waals surface area contributed by atoms with Crippen LogP contribution in [0.25, 0.3) is 0 Å². The van der Waals surface area contributed by atoms with Gasteiger partial charge in [-0.25, -0.2) is 0 Å². The molecule has 128 valence electrons. The lowest BCUT2D eigenvalue weighted by molar-refractivity contribution is -0.0498. The Labute approximate surface area is 140 Å². The number of nitrogens with zero attached hydrogens (tertiary/aromatic N) is 1. The first-order chi connectivity index (χ1) is 11.5. The molecule has 6 heteroatoms. The maximum Gasteiger partial charge on any atom is 0.387 e. The van der Waals surface area contributed by atoms with Crippen LogP contribution in [0.3, 0.4) is 0 Å². The number of ether oxygens (including phenoxy) is 1. The molecule has 0 aliphatic rings. The Morgan fingerprint density at radius 3 is 2.38 bits per heavy atom. The predicted octanol–water partition coefficient (Wildman–Crippen LogP) is 4.39. The minimum Gasteiger partial charge on any atom is -0.435 e. The Balaban J connectivity index is 2.06. The highest BCUT2D eigenvalue weighted by Crippen LogP contribution is 2.20. The number of benzene rings is 2. The molecule has 0 radical (unpaired) electrons. The summed E-state index contributed by atoms with van der Waals surface area (Å²) in [5, 5.41) is 2.74. The molecular weight excluding hydrogens is 314 g/mol. The first-order valence-electron chi connectivity index (χ1n) is 7.74. The molecule has 0 bridgehead atoms. The van der Waals surface area contributed by atoms with Gasteiger partial charge in [-0.3, -0.25) is 4.79 Å². The summed E-state index contributed by atoms with van der Waals surface area (Å²) in [5.74, 6) is -0.431. The van der Waals surface area contributed by atoms with E-state index >= 15 is 0 Å². The number of hydrogen-bond donors (Lipinski definition) is 1. The average molecular weight is 334 g/mol. The lowest BCUT2D eigenvalue weighted by Crippen LogP contribution is -2.21. The lowest BCUT2D eigenvalue weighted by Gasteiger charge is -2.21. The zero-order chi connectivity index (χ0) is 17.5. The summed E-state index contributed by atoms with van der Waals surface area (Å²) in [4.78, 5) is 14.4. The van der Waals surface area contributed by atoms with Crippen LogP contribution in [0.15, 0.2) is 48.5 Å². The monoisotopic (exact) mass is 334 g/mol. The van der Waals surface area contributed by atoms with Gasteiger partial charge in [-0.05, 0) is 56.3 Å². The molecule has 0 saturated carbocycles. The van der Waals surface area contributed by atoms with E-state index in [-0.39, 0.29) is 17.2 Å². The summed E-state index contributed by atoms with van der Waals surface area (Å²) in [6.45, 7) is 3.04. The van der Waals surface area contributed by atoms with Crippen LogP contribution in [0.5, 0.6) is 5.75 Å². The number of rotatable bonds is 7. The Hall–Kier alpha value is -2.63. The van der Waals surface area contributed by atoms with E-state index < -0.39 is 6.61 Å². The van der Waals surface area contributed by atoms with Crippen molar-refractivity contribution in [1.82, 2.24) is 0 Å². The lowest BCUT2D eigenvalue weighted by atomic mass is 10.2. The minimum atomic E-state index is -2.92. The molecule has 0 aliphatic heterocycles. The molecule has 0 aromatic heterocycles. The largest absolute Gasteiger partial charge is 0.435 e. The fourth-order valence-corrected chi connectivity index (χ4v) is 2.36. The molecule has 0 aliphatic carbocycles. The van der Waals surface area contributed by atoms with Crippen molar-refractivity contribution in [1.29, 1.82) is 0 Å². The first kappa shape index (κ1) is 17.7. The van der Waals surface area contributed by atoms with Gasteiger partial charge in [-0.15, -0.1) is 0 Å². The molecule has 0 unspecified atom stereocenters. The molecular formula is C18H20F2N2O2. The van der Waals surface area contributed by atoms with Crippen LogP contribution in [-0.4, -0.2) is 25.6 Å². The summed E-state index contributed by atoms with van der Waals surface area (Å²) in [5.41, 5.74) is 1.96. The normalized spacial score (nSPS) is 10.5. The summed E-state index contributed by atoms with van der Waals surface area (Å²) in [7, 11) is 0. The number of halogens is 2. The fraction of sp³-hybridized carbons (Fsp3) is 0.278. The zero-order valence-electron chi connectivity index (χ0n) is 13.6. The highest BCUT2D eigenvalue weighted by Gasteiger charge is 2.10. The zero-order valence-corrected chi connectivity index (χ0v) is 13.6. The Bertz CT molecular complexity index is 671. The quantitative estimate of drug-likeness (QED) is 0.817. The number of alkyl halides is 2. The molecule has 2 aromatic carbocycles. The number of nitrogens with one attached hydrogen (secondary N) is 1. The predicted molar refractivity (Wildman–Crippen MR) is 91.0 cm³/mol. The second-order valence-electron chi connectivity index (χ2n) is 5.08. The van der Waals surface area contributed by atoms with Gasteiger partial charge in [-0.2, -0.15) is 8.78 Å². The Morgan fingerprint density at radius 1 is 1.12 bits per heavy atom. The van der Waals surface area contributed by atoms with Crippen LogP contribution in [0.2, 0.25) is 0 Å². The first-order valence-corrected chi connectivity index (χ1v) is 7.74. The van der Waals surface area contributed by atoms with Crippen LogP contribution in [0.1, 0.15) is 24.2 Å².